The molecule has 0 fully saturated rings. The number of rotatable bonds is 0. The van der Waals surface area contributed by atoms with Crippen LogP contribution >= 0.6 is 15.9 Å². The van der Waals surface area contributed by atoms with Gasteiger partial charge in [-0.25, -0.2) is 0 Å². The predicted octanol–water partition coefficient (Wildman–Crippen LogP) is 2.06. The Bertz CT molecular complexity index is 341. The van der Waals surface area contributed by atoms with Crippen LogP contribution in [0.3, 0.4) is 0 Å². The zero-order chi connectivity index (χ0) is 8.59. The summed E-state index contributed by atoms with van der Waals surface area (Å²) in [6.07, 6.45) is 0. The number of nitrogens with one attached hydrogen (secondary N) is 1. The molecule has 1 aromatic heterocycles. The van der Waals surface area contributed by atoms with E-state index < -0.39 is 0 Å². The third-order valence-electron chi connectivity index (χ3n) is 1.95. The van der Waals surface area contributed by atoms with Crippen LogP contribution < -0.4 is 5.56 Å². The summed E-state index contributed by atoms with van der Waals surface area (Å²) < 4.78 is 0.639. The van der Waals surface area contributed by atoms with Gasteiger partial charge in [0.2, 0.25) is 0 Å². The minimum absolute atomic E-state index is 0.0504. The Labute approximate surface area is 73.8 Å². The summed E-state index contributed by atoms with van der Waals surface area (Å²) in [5, 5.41) is 0. The van der Waals surface area contributed by atoms with Crippen molar-refractivity contribution < 1.29 is 0 Å². The zero-order valence-electron chi connectivity index (χ0n) is 6.79. The highest BCUT2D eigenvalue weighted by atomic mass is 79.9. The van der Waals surface area contributed by atoms with E-state index in [-0.39, 0.29) is 5.56 Å². The second-order valence-electron chi connectivity index (χ2n) is 2.64. The first-order valence-corrected chi connectivity index (χ1v) is 4.19. The minimum atomic E-state index is -0.0504. The fourth-order valence-electron chi connectivity index (χ4n) is 0.935. The molecule has 1 rings (SSSR count). The highest BCUT2D eigenvalue weighted by Crippen LogP contribution is 2.15. The second kappa shape index (κ2) is 2.81. The van der Waals surface area contributed by atoms with E-state index in [0.717, 1.165) is 16.8 Å². The molecule has 0 radical (unpaired) electrons. The number of halogens is 1. The van der Waals surface area contributed by atoms with Gasteiger partial charge in [0, 0.05) is 5.69 Å². The molecule has 0 aliphatic carbocycles. The molecule has 0 aliphatic heterocycles. The van der Waals surface area contributed by atoms with Crippen LogP contribution in [0, 0.1) is 20.8 Å². The molecular formula is C8H10BrNO. The van der Waals surface area contributed by atoms with Gasteiger partial charge in [0.1, 0.15) is 0 Å². The monoisotopic (exact) mass is 215 g/mol. The molecule has 1 heterocycles. The number of aromatic amines is 1. The van der Waals surface area contributed by atoms with Gasteiger partial charge in [0.25, 0.3) is 5.56 Å². The third kappa shape index (κ3) is 1.38. The van der Waals surface area contributed by atoms with E-state index >= 15 is 0 Å². The van der Waals surface area contributed by atoms with E-state index in [1.165, 1.54) is 0 Å². The summed E-state index contributed by atoms with van der Waals surface area (Å²) in [4.78, 5) is 13.9. The highest BCUT2D eigenvalue weighted by Gasteiger charge is 2.04. The van der Waals surface area contributed by atoms with E-state index in [2.05, 4.69) is 20.9 Å². The van der Waals surface area contributed by atoms with Crippen molar-refractivity contribution in [2.45, 2.75) is 20.8 Å². The topological polar surface area (TPSA) is 32.9 Å². The summed E-state index contributed by atoms with van der Waals surface area (Å²) >= 11 is 3.22. The van der Waals surface area contributed by atoms with Crippen molar-refractivity contribution in [2.75, 3.05) is 0 Å². The van der Waals surface area contributed by atoms with Crippen molar-refractivity contribution in [3.8, 4) is 0 Å². The second-order valence-corrected chi connectivity index (χ2v) is 3.44. The van der Waals surface area contributed by atoms with Gasteiger partial charge in [-0.2, -0.15) is 0 Å². The molecule has 3 heteroatoms. The maximum atomic E-state index is 11.1. The highest BCUT2D eigenvalue weighted by molar-refractivity contribution is 9.10. The molecule has 11 heavy (non-hydrogen) atoms. The number of pyridine rings is 1. The Morgan fingerprint density at radius 2 is 1.73 bits per heavy atom. The molecule has 1 N–H and O–H groups in total. The third-order valence-corrected chi connectivity index (χ3v) is 2.91. The van der Waals surface area contributed by atoms with Crippen LogP contribution in [0.15, 0.2) is 9.27 Å². The first kappa shape index (κ1) is 8.53. The Kier molecular flexibility index (Phi) is 2.18. The maximum absolute atomic E-state index is 11.1. The van der Waals surface area contributed by atoms with Crippen molar-refractivity contribution >= 4 is 15.9 Å². The molecule has 0 saturated heterocycles. The van der Waals surface area contributed by atoms with Gasteiger partial charge in [-0.3, -0.25) is 4.79 Å². The SMILES string of the molecule is Cc1[nH]c(=O)c(Br)c(C)c1C. The van der Waals surface area contributed by atoms with Gasteiger partial charge in [-0.15, -0.1) is 0 Å². The molecule has 0 bridgehead atoms. The Balaban J connectivity index is 3.59. The molecule has 60 valence electrons. The van der Waals surface area contributed by atoms with Crippen LogP contribution in [-0.4, -0.2) is 4.98 Å². The van der Waals surface area contributed by atoms with Gasteiger partial charge in [-0.1, -0.05) is 0 Å². The van der Waals surface area contributed by atoms with Crippen LogP contribution in [0.5, 0.6) is 0 Å². The smallest absolute Gasteiger partial charge is 0.262 e. The molecule has 0 unspecified atom stereocenters. The molecule has 0 saturated carbocycles. The maximum Gasteiger partial charge on any atom is 0.262 e. The van der Waals surface area contributed by atoms with Gasteiger partial charge >= 0.3 is 0 Å². The summed E-state index contributed by atoms with van der Waals surface area (Å²) in [7, 11) is 0. The average Bonchev–Trinajstić information content (AvgIpc) is 1.97. The lowest BCUT2D eigenvalue weighted by Gasteiger charge is -2.04. The van der Waals surface area contributed by atoms with Crippen LogP contribution in [-0.2, 0) is 0 Å². The molecule has 2 nitrogen and oxygen atoms in total. The van der Waals surface area contributed by atoms with Gasteiger partial charge in [0.15, 0.2) is 0 Å². The van der Waals surface area contributed by atoms with Crippen molar-refractivity contribution in [3.05, 3.63) is 31.6 Å². The molecular weight excluding hydrogens is 206 g/mol. The van der Waals surface area contributed by atoms with Crippen LogP contribution in [0.4, 0.5) is 0 Å². The summed E-state index contributed by atoms with van der Waals surface area (Å²) in [6, 6.07) is 0. The first-order chi connectivity index (χ1) is 5.04. The Hall–Kier alpha value is -0.570. The average molecular weight is 216 g/mol. The molecule has 0 aliphatic rings. The normalized spacial score (nSPS) is 10.2. The molecule has 0 amide bonds. The van der Waals surface area contributed by atoms with E-state index in [9.17, 15) is 4.79 Å². The zero-order valence-corrected chi connectivity index (χ0v) is 8.37. The lowest BCUT2D eigenvalue weighted by atomic mass is 10.1. The van der Waals surface area contributed by atoms with Crippen molar-refractivity contribution in [3.63, 3.8) is 0 Å². The predicted molar refractivity (Wildman–Crippen MR) is 49.0 cm³/mol. The van der Waals surface area contributed by atoms with Crippen molar-refractivity contribution in [1.29, 1.82) is 0 Å². The van der Waals surface area contributed by atoms with E-state index in [1.807, 2.05) is 20.8 Å². The lowest BCUT2D eigenvalue weighted by molar-refractivity contribution is 1.06. The standard InChI is InChI=1S/C8H10BrNO/c1-4-5(2)7(9)8(11)10-6(4)3/h1-3H3,(H,10,11). The largest absolute Gasteiger partial charge is 0.325 e. The number of hydrogen-bond donors (Lipinski definition) is 1. The first-order valence-electron chi connectivity index (χ1n) is 3.39. The molecule has 0 spiro atoms. The lowest BCUT2D eigenvalue weighted by Crippen LogP contribution is -2.11. The Morgan fingerprint density at radius 1 is 1.18 bits per heavy atom. The molecule has 1 aromatic rings. The quantitative estimate of drug-likeness (QED) is 0.707. The number of aromatic nitrogens is 1. The molecule has 0 aromatic carbocycles. The number of H-pyrrole nitrogens is 1. The van der Waals surface area contributed by atoms with E-state index in [4.69, 9.17) is 0 Å². The van der Waals surface area contributed by atoms with Crippen LogP contribution in [0.2, 0.25) is 0 Å². The van der Waals surface area contributed by atoms with Crippen LogP contribution in [0.1, 0.15) is 16.8 Å². The number of aryl methyl sites for hydroxylation is 1. The van der Waals surface area contributed by atoms with Crippen LogP contribution in [0.25, 0.3) is 0 Å². The molecule has 0 atom stereocenters. The summed E-state index contributed by atoms with van der Waals surface area (Å²) in [6.45, 7) is 5.82. The fraction of sp³-hybridized carbons (Fsp3) is 0.375. The number of hydrogen-bond acceptors (Lipinski definition) is 1. The van der Waals surface area contributed by atoms with Crippen molar-refractivity contribution in [2.24, 2.45) is 0 Å². The summed E-state index contributed by atoms with van der Waals surface area (Å²) in [5.74, 6) is 0. The Morgan fingerprint density at radius 3 is 2.27 bits per heavy atom. The minimum Gasteiger partial charge on any atom is -0.325 e. The van der Waals surface area contributed by atoms with Crippen molar-refractivity contribution in [1.82, 2.24) is 4.98 Å². The fourth-order valence-corrected chi connectivity index (χ4v) is 1.33. The van der Waals surface area contributed by atoms with Gasteiger partial charge in [0.05, 0.1) is 4.47 Å². The van der Waals surface area contributed by atoms with Gasteiger partial charge < -0.3 is 4.98 Å². The summed E-state index contributed by atoms with van der Waals surface area (Å²) in [5.41, 5.74) is 3.05. The van der Waals surface area contributed by atoms with E-state index in [0.29, 0.717) is 4.47 Å². The van der Waals surface area contributed by atoms with E-state index in [1.54, 1.807) is 0 Å². The van der Waals surface area contributed by atoms with Gasteiger partial charge in [-0.05, 0) is 47.8 Å².